The standard InChI is InChI=1S/C17H20F3N3O2S/c1-11-15(26-12(2)22-11)9-23-5-6-24-10-14(8-23)25-16-4-3-13(7-21-16)17(18,19)20/h3-4,7,14H,5-6,8-10H2,1-2H3/t14-/m1/s1. The topological polar surface area (TPSA) is 47.5 Å². The summed E-state index contributed by atoms with van der Waals surface area (Å²) in [7, 11) is 0. The van der Waals surface area contributed by atoms with Gasteiger partial charge in [-0.15, -0.1) is 11.3 Å². The van der Waals surface area contributed by atoms with Crippen LogP contribution in [0.1, 0.15) is 21.1 Å². The van der Waals surface area contributed by atoms with Gasteiger partial charge in [0.1, 0.15) is 6.10 Å². The van der Waals surface area contributed by atoms with Crippen molar-refractivity contribution >= 4 is 11.3 Å². The van der Waals surface area contributed by atoms with Gasteiger partial charge in [0.25, 0.3) is 0 Å². The molecule has 1 aliphatic rings. The SMILES string of the molecule is Cc1nc(C)c(CN2CCOC[C@H](Oc3ccc(C(F)(F)F)cn3)C2)s1. The van der Waals surface area contributed by atoms with Crippen LogP contribution in [0.25, 0.3) is 0 Å². The average molecular weight is 387 g/mol. The minimum absolute atomic E-state index is 0.165. The summed E-state index contributed by atoms with van der Waals surface area (Å²) >= 11 is 1.67. The number of nitrogens with zero attached hydrogens (tertiary/aromatic N) is 3. The van der Waals surface area contributed by atoms with Crippen LogP contribution in [-0.2, 0) is 17.5 Å². The van der Waals surface area contributed by atoms with Crippen molar-refractivity contribution in [1.29, 1.82) is 0 Å². The third-order valence-corrected chi connectivity index (χ3v) is 5.09. The maximum atomic E-state index is 12.6. The monoisotopic (exact) mass is 387 g/mol. The molecule has 9 heteroatoms. The van der Waals surface area contributed by atoms with Crippen molar-refractivity contribution in [2.75, 3.05) is 26.3 Å². The molecule has 1 fully saturated rings. The normalized spacial score (nSPS) is 19.3. The highest BCUT2D eigenvalue weighted by Crippen LogP contribution is 2.29. The second kappa shape index (κ2) is 7.89. The molecule has 0 aliphatic carbocycles. The van der Waals surface area contributed by atoms with E-state index in [1.807, 2.05) is 13.8 Å². The Hall–Kier alpha value is -1.71. The first-order chi connectivity index (χ1) is 12.3. The molecule has 0 radical (unpaired) electrons. The molecule has 0 amide bonds. The van der Waals surface area contributed by atoms with Crippen LogP contribution < -0.4 is 4.74 Å². The Morgan fingerprint density at radius 1 is 1.35 bits per heavy atom. The number of hydrogen-bond acceptors (Lipinski definition) is 6. The molecule has 0 saturated carbocycles. The van der Waals surface area contributed by atoms with Crippen LogP contribution >= 0.6 is 11.3 Å². The van der Waals surface area contributed by atoms with Gasteiger partial charge in [-0.25, -0.2) is 9.97 Å². The highest BCUT2D eigenvalue weighted by molar-refractivity contribution is 7.11. The smallest absolute Gasteiger partial charge is 0.417 e. The lowest BCUT2D eigenvalue weighted by Gasteiger charge is -2.23. The third kappa shape index (κ3) is 4.93. The van der Waals surface area contributed by atoms with Crippen LogP contribution in [0.15, 0.2) is 18.3 Å². The van der Waals surface area contributed by atoms with Crippen LogP contribution in [0.3, 0.4) is 0 Å². The Bertz CT molecular complexity index is 734. The lowest BCUT2D eigenvalue weighted by molar-refractivity contribution is -0.137. The second-order valence-corrected chi connectivity index (χ2v) is 7.46. The molecule has 0 spiro atoms. The number of hydrogen-bond donors (Lipinski definition) is 0. The molecule has 2 aromatic rings. The second-order valence-electron chi connectivity index (χ2n) is 6.17. The lowest BCUT2D eigenvalue weighted by Crippen LogP contribution is -2.35. The zero-order chi connectivity index (χ0) is 18.7. The molecule has 2 aromatic heterocycles. The number of thiazole rings is 1. The molecule has 3 heterocycles. The number of halogens is 3. The molecule has 1 atom stereocenters. The Kier molecular flexibility index (Phi) is 5.79. The molecular formula is C17H20F3N3O2S. The number of alkyl halides is 3. The number of pyridine rings is 1. The summed E-state index contributed by atoms with van der Waals surface area (Å²) < 4.78 is 49.2. The molecule has 1 saturated heterocycles. The van der Waals surface area contributed by atoms with E-state index in [1.165, 1.54) is 10.9 Å². The first-order valence-electron chi connectivity index (χ1n) is 8.24. The van der Waals surface area contributed by atoms with E-state index in [1.54, 1.807) is 11.3 Å². The largest absolute Gasteiger partial charge is 0.471 e. The summed E-state index contributed by atoms with van der Waals surface area (Å²) in [5, 5.41) is 1.03. The van der Waals surface area contributed by atoms with Gasteiger partial charge in [-0.05, 0) is 19.9 Å². The highest BCUT2D eigenvalue weighted by atomic mass is 32.1. The van der Waals surface area contributed by atoms with E-state index in [2.05, 4.69) is 14.9 Å². The fourth-order valence-electron chi connectivity index (χ4n) is 2.77. The quantitative estimate of drug-likeness (QED) is 0.804. The van der Waals surface area contributed by atoms with E-state index < -0.39 is 11.7 Å². The predicted molar refractivity (Wildman–Crippen MR) is 91.3 cm³/mol. The van der Waals surface area contributed by atoms with Crippen LogP contribution in [-0.4, -0.2) is 47.3 Å². The lowest BCUT2D eigenvalue weighted by atomic mass is 10.3. The molecular weight excluding hydrogens is 367 g/mol. The van der Waals surface area contributed by atoms with E-state index in [0.717, 1.165) is 36.1 Å². The van der Waals surface area contributed by atoms with Gasteiger partial charge in [0.05, 0.1) is 29.5 Å². The molecule has 1 aliphatic heterocycles. The van der Waals surface area contributed by atoms with Crippen molar-refractivity contribution in [2.45, 2.75) is 32.7 Å². The zero-order valence-electron chi connectivity index (χ0n) is 14.5. The van der Waals surface area contributed by atoms with E-state index in [-0.39, 0.29) is 12.0 Å². The van der Waals surface area contributed by atoms with Gasteiger partial charge in [0.2, 0.25) is 5.88 Å². The summed E-state index contributed by atoms with van der Waals surface area (Å²) in [6, 6.07) is 2.22. The summed E-state index contributed by atoms with van der Waals surface area (Å²) in [5.74, 6) is 0.165. The van der Waals surface area contributed by atoms with Crippen molar-refractivity contribution < 1.29 is 22.6 Å². The van der Waals surface area contributed by atoms with E-state index in [9.17, 15) is 13.2 Å². The fourth-order valence-corrected chi connectivity index (χ4v) is 3.75. The molecule has 0 bridgehead atoms. The van der Waals surface area contributed by atoms with E-state index in [0.29, 0.717) is 19.8 Å². The van der Waals surface area contributed by atoms with Crippen molar-refractivity contribution in [3.8, 4) is 5.88 Å². The molecule has 3 rings (SSSR count). The van der Waals surface area contributed by atoms with Crippen molar-refractivity contribution in [3.63, 3.8) is 0 Å². The average Bonchev–Trinajstić information content (AvgIpc) is 2.75. The summed E-state index contributed by atoms with van der Waals surface area (Å²) in [5.41, 5.74) is 0.235. The molecule has 5 nitrogen and oxygen atoms in total. The Labute approximate surface area is 153 Å². The predicted octanol–water partition coefficient (Wildman–Crippen LogP) is 3.45. The summed E-state index contributed by atoms with van der Waals surface area (Å²) in [6.45, 7) is 7.05. The third-order valence-electron chi connectivity index (χ3n) is 4.04. The summed E-state index contributed by atoms with van der Waals surface area (Å²) in [6.07, 6.45) is -3.91. The molecule has 0 unspecified atom stereocenters. The molecule has 0 N–H and O–H groups in total. The van der Waals surface area contributed by atoms with Gasteiger partial charge in [-0.3, -0.25) is 4.90 Å². The van der Waals surface area contributed by atoms with Gasteiger partial charge in [0.15, 0.2) is 0 Å². The van der Waals surface area contributed by atoms with Gasteiger partial charge >= 0.3 is 6.18 Å². The van der Waals surface area contributed by atoms with Gasteiger partial charge in [0, 0.05) is 36.8 Å². The maximum absolute atomic E-state index is 12.6. The number of aromatic nitrogens is 2. The van der Waals surface area contributed by atoms with Gasteiger partial charge < -0.3 is 9.47 Å². The van der Waals surface area contributed by atoms with Gasteiger partial charge in [-0.1, -0.05) is 0 Å². The van der Waals surface area contributed by atoms with Crippen molar-refractivity contribution in [2.24, 2.45) is 0 Å². The Balaban J connectivity index is 1.63. The fraction of sp³-hybridized carbons (Fsp3) is 0.529. The van der Waals surface area contributed by atoms with Crippen LogP contribution in [0, 0.1) is 13.8 Å². The van der Waals surface area contributed by atoms with Crippen LogP contribution in [0.5, 0.6) is 5.88 Å². The van der Waals surface area contributed by atoms with Crippen molar-refractivity contribution in [3.05, 3.63) is 39.5 Å². The molecule has 142 valence electrons. The first-order valence-corrected chi connectivity index (χ1v) is 9.06. The highest BCUT2D eigenvalue weighted by Gasteiger charge is 2.31. The number of ether oxygens (including phenoxy) is 2. The van der Waals surface area contributed by atoms with Crippen LogP contribution in [0.2, 0.25) is 0 Å². The molecule has 26 heavy (non-hydrogen) atoms. The number of aryl methyl sites for hydroxylation is 2. The zero-order valence-corrected chi connectivity index (χ0v) is 15.4. The minimum atomic E-state index is -4.40. The minimum Gasteiger partial charge on any atom is -0.471 e. The van der Waals surface area contributed by atoms with E-state index in [4.69, 9.17) is 9.47 Å². The Morgan fingerprint density at radius 2 is 2.15 bits per heavy atom. The van der Waals surface area contributed by atoms with Crippen LogP contribution in [0.4, 0.5) is 13.2 Å². The number of rotatable bonds is 4. The first kappa shape index (κ1) is 19.1. The van der Waals surface area contributed by atoms with E-state index >= 15 is 0 Å². The summed E-state index contributed by atoms with van der Waals surface area (Å²) in [4.78, 5) is 11.6. The van der Waals surface area contributed by atoms with Gasteiger partial charge in [-0.2, -0.15) is 13.2 Å². The maximum Gasteiger partial charge on any atom is 0.417 e. The Morgan fingerprint density at radius 3 is 2.77 bits per heavy atom. The molecule has 0 aromatic carbocycles. The van der Waals surface area contributed by atoms with Crippen molar-refractivity contribution in [1.82, 2.24) is 14.9 Å².